The van der Waals surface area contributed by atoms with Crippen LogP contribution < -0.4 is 5.32 Å². The van der Waals surface area contributed by atoms with Gasteiger partial charge in [-0.15, -0.1) is 18.3 Å². The van der Waals surface area contributed by atoms with E-state index in [1.807, 2.05) is 48.5 Å². The molecule has 0 radical (unpaired) electrons. The standard InChI is InChI=1S/C16H16N2OS/c1-2-11-20-15-9-4-3-8-14(15)16(19)18-12-13-7-5-6-10-17-13/h2-10H,1,11-12H2,(H,18,19). The molecule has 0 bridgehead atoms. The van der Waals surface area contributed by atoms with Crippen LogP contribution in [0.5, 0.6) is 0 Å². The molecule has 0 saturated carbocycles. The van der Waals surface area contributed by atoms with Gasteiger partial charge in [0.1, 0.15) is 0 Å². The number of nitrogens with zero attached hydrogens (tertiary/aromatic N) is 1. The van der Waals surface area contributed by atoms with Gasteiger partial charge < -0.3 is 5.32 Å². The van der Waals surface area contributed by atoms with Crippen molar-refractivity contribution < 1.29 is 4.79 Å². The Kier molecular flexibility index (Phi) is 5.38. The topological polar surface area (TPSA) is 42.0 Å². The van der Waals surface area contributed by atoms with E-state index in [0.717, 1.165) is 16.3 Å². The Balaban J connectivity index is 2.03. The van der Waals surface area contributed by atoms with E-state index < -0.39 is 0 Å². The molecule has 2 rings (SSSR count). The van der Waals surface area contributed by atoms with Crippen LogP contribution in [0.3, 0.4) is 0 Å². The zero-order valence-electron chi connectivity index (χ0n) is 11.1. The van der Waals surface area contributed by atoms with Gasteiger partial charge in [0.05, 0.1) is 17.8 Å². The summed E-state index contributed by atoms with van der Waals surface area (Å²) in [6.45, 7) is 4.13. The van der Waals surface area contributed by atoms with Crippen molar-refractivity contribution in [1.29, 1.82) is 0 Å². The molecule has 0 aliphatic heterocycles. The van der Waals surface area contributed by atoms with Crippen molar-refractivity contribution in [1.82, 2.24) is 10.3 Å². The van der Waals surface area contributed by atoms with E-state index in [4.69, 9.17) is 0 Å². The molecule has 102 valence electrons. The van der Waals surface area contributed by atoms with Crippen LogP contribution in [-0.4, -0.2) is 16.6 Å². The molecule has 0 aliphatic carbocycles. The fraction of sp³-hybridized carbons (Fsp3) is 0.125. The Labute approximate surface area is 123 Å². The van der Waals surface area contributed by atoms with Crippen molar-refractivity contribution in [3.05, 3.63) is 72.6 Å². The minimum absolute atomic E-state index is 0.0807. The highest BCUT2D eigenvalue weighted by molar-refractivity contribution is 7.99. The van der Waals surface area contributed by atoms with E-state index in [-0.39, 0.29) is 5.91 Å². The normalized spacial score (nSPS) is 10.0. The van der Waals surface area contributed by atoms with Crippen molar-refractivity contribution in [2.24, 2.45) is 0 Å². The Morgan fingerprint density at radius 3 is 2.80 bits per heavy atom. The number of thioether (sulfide) groups is 1. The fourth-order valence-electron chi connectivity index (χ4n) is 1.70. The molecule has 4 heteroatoms. The van der Waals surface area contributed by atoms with E-state index in [1.165, 1.54) is 0 Å². The summed E-state index contributed by atoms with van der Waals surface area (Å²) in [5.74, 6) is 0.702. The Morgan fingerprint density at radius 1 is 1.25 bits per heavy atom. The first-order valence-electron chi connectivity index (χ1n) is 6.32. The lowest BCUT2D eigenvalue weighted by Crippen LogP contribution is -2.23. The average Bonchev–Trinajstić information content (AvgIpc) is 2.52. The van der Waals surface area contributed by atoms with Crippen molar-refractivity contribution in [2.45, 2.75) is 11.4 Å². The molecule has 0 aliphatic rings. The first-order valence-corrected chi connectivity index (χ1v) is 7.30. The number of benzene rings is 1. The molecule has 1 aromatic heterocycles. The minimum atomic E-state index is -0.0807. The van der Waals surface area contributed by atoms with Gasteiger partial charge >= 0.3 is 0 Å². The number of amides is 1. The Hall–Kier alpha value is -2.07. The molecule has 0 saturated heterocycles. The van der Waals surface area contributed by atoms with Crippen LogP contribution in [0, 0.1) is 0 Å². The molecule has 1 aromatic carbocycles. The van der Waals surface area contributed by atoms with Crippen LogP contribution in [-0.2, 0) is 6.54 Å². The van der Waals surface area contributed by atoms with Crippen LogP contribution in [0.2, 0.25) is 0 Å². The van der Waals surface area contributed by atoms with Crippen LogP contribution >= 0.6 is 11.8 Å². The van der Waals surface area contributed by atoms with E-state index >= 15 is 0 Å². The summed E-state index contributed by atoms with van der Waals surface area (Å²) in [5.41, 5.74) is 1.53. The van der Waals surface area contributed by atoms with Crippen molar-refractivity contribution in [3.8, 4) is 0 Å². The Bertz CT molecular complexity index is 584. The molecule has 3 nitrogen and oxygen atoms in total. The zero-order chi connectivity index (χ0) is 14.2. The second-order valence-electron chi connectivity index (χ2n) is 4.10. The molecule has 1 heterocycles. The predicted molar refractivity (Wildman–Crippen MR) is 82.8 cm³/mol. The number of hydrogen-bond acceptors (Lipinski definition) is 3. The summed E-state index contributed by atoms with van der Waals surface area (Å²) in [4.78, 5) is 17.4. The minimum Gasteiger partial charge on any atom is -0.346 e. The number of nitrogens with one attached hydrogen (secondary N) is 1. The predicted octanol–water partition coefficient (Wildman–Crippen LogP) is 3.29. The number of rotatable bonds is 6. The highest BCUT2D eigenvalue weighted by Crippen LogP contribution is 2.22. The average molecular weight is 284 g/mol. The van der Waals surface area contributed by atoms with Crippen LogP contribution in [0.25, 0.3) is 0 Å². The first-order chi connectivity index (χ1) is 9.81. The molecule has 0 fully saturated rings. The number of hydrogen-bond donors (Lipinski definition) is 1. The van der Waals surface area contributed by atoms with Crippen molar-refractivity contribution >= 4 is 17.7 Å². The van der Waals surface area contributed by atoms with E-state index in [1.54, 1.807) is 18.0 Å². The maximum Gasteiger partial charge on any atom is 0.252 e. The second kappa shape index (κ2) is 7.50. The van der Waals surface area contributed by atoms with E-state index in [9.17, 15) is 4.79 Å². The fourth-order valence-corrected chi connectivity index (χ4v) is 2.49. The number of aromatic nitrogens is 1. The maximum atomic E-state index is 12.2. The molecule has 0 atom stereocenters. The highest BCUT2D eigenvalue weighted by atomic mass is 32.2. The van der Waals surface area contributed by atoms with Crippen LogP contribution in [0.15, 0.2) is 66.2 Å². The van der Waals surface area contributed by atoms with Crippen LogP contribution in [0.4, 0.5) is 0 Å². The molecular weight excluding hydrogens is 268 g/mol. The molecule has 0 unspecified atom stereocenters. The third-order valence-corrected chi connectivity index (χ3v) is 3.71. The van der Waals surface area contributed by atoms with Gasteiger partial charge in [-0.1, -0.05) is 24.3 Å². The van der Waals surface area contributed by atoms with Gasteiger partial charge in [0.15, 0.2) is 0 Å². The summed E-state index contributed by atoms with van der Waals surface area (Å²) >= 11 is 1.60. The lowest BCUT2D eigenvalue weighted by molar-refractivity contribution is 0.0947. The third-order valence-electron chi connectivity index (χ3n) is 2.64. The molecule has 20 heavy (non-hydrogen) atoms. The molecule has 2 aromatic rings. The van der Waals surface area contributed by atoms with Crippen LogP contribution in [0.1, 0.15) is 16.1 Å². The lowest BCUT2D eigenvalue weighted by atomic mass is 10.2. The van der Waals surface area contributed by atoms with Crippen molar-refractivity contribution in [2.75, 3.05) is 5.75 Å². The Morgan fingerprint density at radius 2 is 2.05 bits per heavy atom. The number of carbonyl (C=O) groups excluding carboxylic acids is 1. The summed E-state index contributed by atoms with van der Waals surface area (Å²) < 4.78 is 0. The van der Waals surface area contributed by atoms with Gasteiger partial charge in [-0.3, -0.25) is 9.78 Å². The summed E-state index contributed by atoms with van der Waals surface area (Å²) in [6.07, 6.45) is 3.54. The molecule has 0 spiro atoms. The monoisotopic (exact) mass is 284 g/mol. The quantitative estimate of drug-likeness (QED) is 0.654. The van der Waals surface area contributed by atoms with Gasteiger partial charge in [-0.2, -0.15) is 0 Å². The number of carbonyl (C=O) groups is 1. The lowest BCUT2D eigenvalue weighted by Gasteiger charge is -2.09. The molecule has 1 amide bonds. The van der Waals surface area contributed by atoms with Gasteiger partial charge in [-0.25, -0.2) is 0 Å². The maximum absolute atomic E-state index is 12.2. The van der Waals surface area contributed by atoms with E-state index in [2.05, 4.69) is 16.9 Å². The SMILES string of the molecule is C=CCSc1ccccc1C(=O)NCc1ccccn1. The zero-order valence-corrected chi connectivity index (χ0v) is 11.9. The smallest absolute Gasteiger partial charge is 0.252 e. The molecular formula is C16H16N2OS. The first kappa shape index (κ1) is 14.3. The summed E-state index contributed by atoms with van der Waals surface area (Å²) in [5, 5.41) is 2.89. The van der Waals surface area contributed by atoms with Gasteiger partial charge in [0.2, 0.25) is 0 Å². The van der Waals surface area contributed by atoms with Gasteiger partial charge in [0.25, 0.3) is 5.91 Å². The van der Waals surface area contributed by atoms with Gasteiger partial charge in [-0.05, 0) is 24.3 Å². The molecule has 1 N–H and O–H groups in total. The summed E-state index contributed by atoms with van der Waals surface area (Å²) in [6, 6.07) is 13.2. The third kappa shape index (κ3) is 3.96. The highest BCUT2D eigenvalue weighted by Gasteiger charge is 2.10. The van der Waals surface area contributed by atoms with Crippen molar-refractivity contribution in [3.63, 3.8) is 0 Å². The number of pyridine rings is 1. The second-order valence-corrected chi connectivity index (χ2v) is 5.16. The largest absolute Gasteiger partial charge is 0.346 e. The van der Waals surface area contributed by atoms with Gasteiger partial charge in [0, 0.05) is 16.8 Å². The van der Waals surface area contributed by atoms with E-state index in [0.29, 0.717) is 12.1 Å². The summed E-state index contributed by atoms with van der Waals surface area (Å²) in [7, 11) is 0.